The lowest BCUT2D eigenvalue weighted by molar-refractivity contribution is 0.0436. The highest BCUT2D eigenvalue weighted by Crippen LogP contribution is 2.36. The van der Waals surface area contributed by atoms with Crippen LogP contribution in [-0.4, -0.2) is 41.2 Å². The van der Waals surface area contributed by atoms with E-state index in [9.17, 15) is 9.59 Å². The third-order valence-electron chi connectivity index (χ3n) is 4.64. The zero-order valence-corrected chi connectivity index (χ0v) is 12.6. The van der Waals surface area contributed by atoms with Crippen molar-refractivity contribution >= 4 is 17.5 Å². The number of nitrogen functional groups attached to an aromatic ring is 1. The molecular formula is C18H17N3O2. The van der Waals surface area contributed by atoms with Crippen molar-refractivity contribution in [2.75, 3.05) is 25.4 Å². The summed E-state index contributed by atoms with van der Waals surface area (Å²) in [5.74, 6) is 0.0617. The molecule has 2 aliphatic rings. The highest BCUT2D eigenvalue weighted by atomic mass is 16.2. The number of carbonyl (C=O) groups excluding carboxylic acids is 2. The van der Waals surface area contributed by atoms with Crippen molar-refractivity contribution in [3.63, 3.8) is 0 Å². The van der Waals surface area contributed by atoms with Crippen LogP contribution >= 0.6 is 0 Å². The van der Waals surface area contributed by atoms with Crippen molar-refractivity contribution < 1.29 is 9.59 Å². The summed E-state index contributed by atoms with van der Waals surface area (Å²) < 4.78 is 0. The molecule has 0 aliphatic carbocycles. The number of piperazine rings is 1. The predicted octanol–water partition coefficient (Wildman–Crippen LogP) is 1.92. The summed E-state index contributed by atoms with van der Waals surface area (Å²) in [4.78, 5) is 28.8. The summed E-state index contributed by atoms with van der Waals surface area (Å²) in [7, 11) is 0. The molecule has 2 N–H and O–H groups in total. The average Bonchev–Trinajstić information content (AvgIpc) is 2.88. The molecule has 5 heteroatoms. The van der Waals surface area contributed by atoms with Crippen LogP contribution in [0.3, 0.4) is 0 Å². The van der Waals surface area contributed by atoms with Gasteiger partial charge in [0.15, 0.2) is 0 Å². The minimum atomic E-state index is -0.0369. The second kappa shape index (κ2) is 5.12. The predicted molar refractivity (Wildman–Crippen MR) is 87.0 cm³/mol. The Kier molecular flexibility index (Phi) is 3.08. The lowest BCUT2D eigenvalue weighted by Gasteiger charge is -2.37. The number of anilines is 1. The number of rotatable bonds is 1. The first kappa shape index (κ1) is 13.8. The van der Waals surface area contributed by atoms with E-state index in [2.05, 4.69) is 0 Å². The lowest BCUT2D eigenvalue weighted by atomic mass is 10.0. The van der Waals surface area contributed by atoms with Crippen molar-refractivity contribution in [2.24, 2.45) is 0 Å². The van der Waals surface area contributed by atoms with Crippen molar-refractivity contribution in [3.8, 4) is 0 Å². The van der Waals surface area contributed by atoms with Gasteiger partial charge >= 0.3 is 0 Å². The standard InChI is InChI=1S/C18H17N3O2/c19-13-7-5-12(6-8-13)17(22)20-9-10-21-16(11-20)14-3-1-2-4-15(14)18(21)23/h1-8,16H,9-11,19H2. The van der Waals surface area contributed by atoms with Crippen LogP contribution < -0.4 is 5.73 Å². The monoisotopic (exact) mass is 307 g/mol. The van der Waals surface area contributed by atoms with Crippen LogP contribution in [0.25, 0.3) is 0 Å². The van der Waals surface area contributed by atoms with Crippen LogP contribution in [-0.2, 0) is 0 Å². The number of hydrogen-bond acceptors (Lipinski definition) is 3. The zero-order chi connectivity index (χ0) is 16.0. The highest BCUT2D eigenvalue weighted by Gasteiger charge is 2.40. The molecule has 23 heavy (non-hydrogen) atoms. The van der Waals surface area contributed by atoms with Gasteiger partial charge in [0.25, 0.3) is 11.8 Å². The Morgan fingerprint density at radius 3 is 2.57 bits per heavy atom. The van der Waals surface area contributed by atoms with Crippen LogP contribution in [0.1, 0.15) is 32.3 Å². The summed E-state index contributed by atoms with van der Waals surface area (Å²) in [6, 6.07) is 14.6. The molecule has 0 bridgehead atoms. The fourth-order valence-corrected chi connectivity index (χ4v) is 3.42. The Balaban J connectivity index is 1.60. The van der Waals surface area contributed by atoms with Crippen LogP contribution in [0.15, 0.2) is 48.5 Å². The number of nitrogens with two attached hydrogens (primary N) is 1. The molecule has 0 saturated carbocycles. The maximum Gasteiger partial charge on any atom is 0.254 e. The minimum Gasteiger partial charge on any atom is -0.399 e. The summed E-state index contributed by atoms with van der Waals surface area (Å²) in [5.41, 5.74) is 8.73. The SMILES string of the molecule is Nc1ccc(C(=O)N2CCN3C(=O)c4ccccc4C3C2)cc1. The number of fused-ring (bicyclic) bond motifs is 3. The van der Waals surface area contributed by atoms with E-state index in [0.717, 1.165) is 11.1 Å². The Hall–Kier alpha value is -2.82. The van der Waals surface area contributed by atoms with Crippen molar-refractivity contribution in [2.45, 2.75) is 6.04 Å². The third kappa shape index (κ3) is 2.16. The average molecular weight is 307 g/mol. The number of benzene rings is 2. The summed E-state index contributed by atoms with van der Waals surface area (Å²) >= 11 is 0. The fourth-order valence-electron chi connectivity index (χ4n) is 3.42. The topological polar surface area (TPSA) is 66.6 Å². The van der Waals surface area contributed by atoms with Gasteiger partial charge in [0.2, 0.25) is 0 Å². The van der Waals surface area contributed by atoms with Gasteiger partial charge in [-0.3, -0.25) is 9.59 Å². The summed E-state index contributed by atoms with van der Waals surface area (Å²) in [6.07, 6.45) is 0. The molecular weight excluding hydrogens is 290 g/mol. The molecule has 2 aliphatic heterocycles. The van der Waals surface area contributed by atoms with E-state index < -0.39 is 0 Å². The number of nitrogens with zero attached hydrogens (tertiary/aromatic N) is 2. The Morgan fingerprint density at radius 1 is 1.04 bits per heavy atom. The van der Waals surface area contributed by atoms with E-state index in [4.69, 9.17) is 5.73 Å². The second-order valence-corrected chi connectivity index (χ2v) is 5.97. The van der Waals surface area contributed by atoms with E-state index >= 15 is 0 Å². The highest BCUT2D eigenvalue weighted by molar-refractivity contribution is 6.00. The first-order valence-electron chi connectivity index (χ1n) is 7.70. The van der Waals surface area contributed by atoms with E-state index in [1.807, 2.05) is 34.1 Å². The second-order valence-electron chi connectivity index (χ2n) is 5.97. The van der Waals surface area contributed by atoms with Gasteiger partial charge < -0.3 is 15.5 Å². The molecule has 2 heterocycles. The molecule has 2 aromatic carbocycles. The molecule has 0 spiro atoms. The Bertz CT molecular complexity index is 785. The quantitative estimate of drug-likeness (QED) is 0.819. The summed E-state index contributed by atoms with van der Waals surface area (Å²) in [6.45, 7) is 1.66. The van der Waals surface area contributed by atoms with Gasteiger partial charge in [0, 0.05) is 36.4 Å². The molecule has 0 radical (unpaired) electrons. The van der Waals surface area contributed by atoms with Crippen LogP contribution in [0.4, 0.5) is 5.69 Å². The zero-order valence-electron chi connectivity index (χ0n) is 12.6. The first-order valence-corrected chi connectivity index (χ1v) is 7.70. The molecule has 4 rings (SSSR count). The van der Waals surface area contributed by atoms with E-state index in [0.29, 0.717) is 30.9 Å². The molecule has 0 aromatic heterocycles. The summed E-state index contributed by atoms with van der Waals surface area (Å²) in [5, 5.41) is 0. The number of hydrogen-bond donors (Lipinski definition) is 1. The van der Waals surface area contributed by atoms with Crippen molar-refractivity contribution in [1.82, 2.24) is 9.80 Å². The van der Waals surface area contributed by atoms with Gasteiger partial charge in [0.1, 0.15) is 0 Å². The molecule has 1 atom stereocenters. The van der Waals surface area contributed by atoms with Gasteiger partial charge in [-0.05, 0) is 35.9 Å². The molecule has 1 saturated heterocycles. The number of amides is 2. The van der Waals surface area contributed by atoms with Gasteiger partial charge in [-0.25, -0.2) is 0 Å². The maximum absolute atomic E-state index is 12.7. The van der Waals surface area contributed by atoms with Crippen LogP contribution in [0.2, 0.25) is 0 Å². The van der Waals surface area contributed by atoms with Gasteiger partial charge in [-0.2, -0.15) is 0 Å². The fraction of sp³-hybridized carbons (Fsp3) is 0.222. The van der Waals surface area contributed by atoms with E-state index in [-0.39, 0.29) is 17.9 Å². The molecule has 1 fully saturated rings. The normalized spacial score (nSPS) is 19.5. The van der Waals surface area contributed by atoms with Crippen molar-refractivity contribution in [1.29, 1.82) is 0 Å². The van der Waals surface area contributed by atoms with E-state index in [1.54, 1.807) is 24.3 Å². The van der Waals surface area contributed by atoms with Gasteiger partial charge in [-0.15, -0.1) is 0 Å². The Morgan fingerprint density at radius 2 is 1.78 bits per heavy atom. The van der Waals surface area contributed by atoms with Gasteiger partial charge in [0.05, 0.1) is 6.04 Å². The Labute approximate surface area is 134 Å². The molecule has 116 valence electrons. The smallest absolute Gasteiger partial charge is 0.254 e. The maximum atomic E-state index is 12.7. The molecule has 2 amide bonds. The third-order valence-corrected chi connectivity index (χ3v) is 4.64. The number of carbonyl (C=O) groups is 2. The molecule has 5 nitrogen and oxygen atoms in total. The molecule has 1 unspecified atom stereocenters. The largest absolute Gasteiger partial charge is 0.399 e. The lowest BCUT2D eigenvalue weighted by Crippen LogP contribution is -2.49. The molecule has 2 aromatic rings. The van der Waals surface area contributed by atoms with Crippen LogP contribution in [0, 0.1) is 0 Å². The van der Waals surface area contributed by atoms with Crippen molar-refractivity contribution in [3.05, 3.63) is 65.2 Å². The van der Waals surface area contributed by atoms with Crippen LogP contribution in [0.5, 0.6) is 0 Å². The first-order chi connectivity index (χ1) is 11.1. The van der Waals surface area contributed by atoms with E-state index in [1.165, 1.54) is 0 Å². The van der Waals surface area contributed by atoms with Gasteiger partial charge in [-0.1, -0.05) is 18.2 Å². The minimum absolute atomic E-state index is 0.0125.